The van der Waals surface area contributed by atoms with Crippen LogP contribution in [0.2, 0.25) is 0 Å². The predicted molar refractivity (Wildman–Crippen MR) is 76.0 cm³/mol. The fourth-order valence-corrected chi connectivity index (χ4v) is 2.58. The molecule has 0 aliphatic rings. The number of anilines is 2. The van der Waals surface area contributed by atoms with Crippen molar-refractivity contribution < 1.29 is 0 Å². The van der Waals surface area contributed by atoms with Crippen molar-refractivity contribution in [3.8, 4) is 11.4 Å². The molecule has 1 aromatic carbocycles. The van der Waals surface area contributed by atoms with Crippen LogP contribution in [0.1, 0.15) is 0 Å². The van der Waals surface area contributed by atoms with E-state index in [-0.39, 0.29) is 0 Å². The molecule has 1 heterocycles. The molecule has 0 spiro atoms. The highest BCUT2D eigenvalue weighted by Gasteiger charge is 2.12. The number of halogens is 2. The van der Waals surface area contributed by atoms with Crippen LogP contribution in [0.3, 0.4) is 0 Å². The predicted octanol–water partition coefficient (Wildman–Crippen LogP) is 2.64. The van der Waals surface area contributed by atoms with Crippen molar-refractivity contribution in [2.75, 3.05) is 24.7 Å². The van der Waals surface area contributed by atoms with E-state index in [1.807, 2.05) is 31.1 Å². The van der Waals surface area contributed by atoms with Gasteiger partial charge in [0.25, 0.3) is 0 Å². The van der Waals surface area contributed by atoms with Crippen molar-refractivity contribution in [2.45, 2.75) is 0 Å². The van der Waals surface area contributed by atoms with Crippen molar-refractivity contribution in [1.29, 1.82) is 0 Å². The minimum absolute atomic E-state index is 0.621. The lowest BCUT2D eigenvalue weighted by Crippen LogP contribution is -2.10. The number of nitrogens with one attached hydrogen (secondary N) is 1. The molecule has 0 bridgehead atoms. The first-order chi connectivity index (χ1) is 7.99. The zero-order chi connectivity index (χ0) is 12.6. The largest absolute Gasteiger partial charge is 0.397 e. The smallest absolute Gasteiger partial charge is 0.244 e. The Hall–Kier alpha value is -1.08. The van der Waals surface area contributed by atoms with Crippen LogP contribution in [-0.2, 0) is 0 Å². The van der Waals surface area contributed by atoms with Crippen LogP contribution < -0.4 is 10.6 Å². The minimum atomic E-state index is 0.621. The fraction of sp³-hybridized carbons (Fsp3) is 0.200. The van der Waals surface area contributed by atoms with Crippen LogP contribution in [-0.4, -0.2) is 29.3 Å². The van der Waals surface area contributed by atoms with E-state index in [4.69, 9.17) is 5.73 Å². The number of hydrogen-bond acceptors (Lipinski definition) is 4. The minimum Gasteiger partial charge on any atom is -0.397 e. The quantitative estimate of drug-likeness (QED) is 0.807. The van der Waals surface area contributed by atoms with E-state index >= 15 is 0 Å². The van der Waals surface area contributed by atoms with Crippen molar-refractivity contribution in [3.05, 3.63) is 21.1 Å². The lowest BCUT2D eigenvalue weighted by molar-refractivity contribution is 0.999. The maximum atomic E-state index is 6.00. The van der Waals surface area contributed by atoms with E-state index in [9.17, 15) is 0 Å². The van der Waals surface area contributed by atoms with Crippen molar-refractivity contribution >= 4 is 43.5 Å². The van der Waals surface area contributed by atoms with Gasteiger partial charge >= 0.3 is 0 Å². The van der Waals surface area contributed by atoms with Crippen LogP contribution in [0, 0.1) is 0 Å². The Morgan fingerprint density at radius 1 is 1.29 bits per heavy atom. The second kappa shape index (κ2) is 4.66. The Kier molecular flexibility index (Phi) is 3.39. The van der Waals surface area contributed by atoms with Gasteiger partial charge < -0.3 is 10.6 Å². The van der Waals surface area contributed by atoms with E-state index in [1.54, 1.807) is 0 Å². The van der Waals surface area contributed by atoms with Gasteiger partial charge in [-0.15, -0.1) is 5.10 Å². The Morgan fingerprint density at radius 2 is 2.00 bits per heavy atom. The molecule has 0 fully saturated rings. The second-order valence-corrected chi connectivity index (χ2v) is 5.50. The third-order valence-electron chi connectivity index (χ3n) is 2.22. The molecule has 0 atom stereocenters. The molecule has 1 aromatic heterocycles. The van der Waals surface area contributed by atoms with Gasteiger partial charge in [-0.05, 0) is 28.1 Å². The highest BCUT2D eigenvalue weighted by Crippen LogP contribution is 2.33. The molecular weight excluding hydrogens is 350 g/mol. The van der Waals surface area contributed by atoms with Crippen molar-refractivity contribution in [1.82, 2.24) is 15.2 Å². The number of hydrogen-bond donors (Lipinski definition) is 2. The molecule has 0 saturated carbocycles. The van der Waals surface area contributed by atoms with Crippen LogP contribution in [0.25, 0.3) is 11.4 Å². The molecule has 0 aliphatic carbocycles. The molecule has 0 amide bonds. The van der Waals surface area contributed by atoms with E-state index in [0.717, 1.165) is 14.5 Å². The summed E-state index contributed by atoms with van der Waals surface area (Å²) in [6, 6.07) is 3.79. The highest BCUT2D eigenvalue weighted by atomic mass is 79.9. The maximum absolute atomic E-state index is 6.00. The highest BCUT2D eigenvalue weighted by molar-refractivity contribution is 9.11. The average molecular weight is 361 g/mol. The third-order valence-corrected chi connectivity index (χ3v) is 3.34. The van der Waals surface area contributed by atoms with Gasteiger partial charge in [0.1, 0.15) is 0 Å². The first-order valence-electron chi connectivity index (χ1n) is 4.83. The molecular formula is C10H11Br2N5. The van der Waals surface area contributed by atoms with E-state index < -0.39 is 0 Å². The number of nitrogens with two attached hydrogens (primary N) is 1. The molecule has 17 heavy (non-hydrogen) atoms. The maximum Gasteiger partial charge on any atom is 0.244 e. The molecule has 0 aliphatic heterocycles. The molecule has 0 radical (unpaired) electrons. The van der Waals surface area contributed by atoms with Crippen molar-refractivity contribution in [2.24, 2.45) is 0 Å². The molecule has 2 aromatic rings. The summed E-state index contributed by atoms with van der Waals surface area (Å²) in [5.74, 6) is 1.27. The van der Waals surface area contributed by atoms with Gasteiger partial charge in [-0.3, -0.25) is 5.10 Å². The summed E-state index contributed by atoms with van der Waals surface area (Å²) in [7, 11) is 3.76. The van der Waals surface area contributed by atoms with E-state index in [1.165, 1.54) is 0 Å². The number of nitrogen functional groups attached to an aromatic ring is 1. The van der Waals surface area contributed by atoms with Crippen LogP contribution in [0.4, 0.5) is 11.6 Å². The number of rotatable bonds is 2. The second-order valence-electron chi connectivity index (χ2n) is 3.73. The Bertz CT molecular complexity index is 550. The standard InChI is InChI=1S/C10H11Br2N5/c1-17(2)10-14-9(15-16-10)6-3-5(11)4-7(12)8(6)13/h3-4H,13H2,1-2H3,(H,14,15,16). The molecule has 7 heteroatoms. The molecule has 2 rings (SSSR count). The number of aromatic nitrogens is 3. The SMILES string of the molecule is CN(C)c1n[nH]c(-c2cc(Br)cc(Br)c2N)n1. The van der Waals surface area contributed by atoms with Crippen LogP contribution in [0.5, 0.6) is 0 Å². The zero-order valence-corrected chi connectivity index (χ0v) is 12.5. The number of nitrogens with zero attached hydrogens (tertiary/aromatic N) is 3. The molecule has 90 valence electrons. The van der Waals surface area contributed by atoms with Gasteiger partial charge in [0.2, 0.25) is 5.95 Å². The summed E-state index contributed by atoms with van der Waals surface area (Å²) in [5.41, 5.74) is 7.45. The average Bonchev–Trinajstić information content (AvgIpc) is 2.72. The topological polar surface area (TPSA) is 70.8 Å². The van der Waals surface area contributed by atoms with Crippen molar-refractivity contribution in [3.63, 3.8) is 0 Å². The Balaban J connectivity index is 2.52. The van der Waals surface area contributed by atoms with Gasteiger partial charge in [-0.1, -0.05) is 15.9 Å². The van der Waals surface area contributed by atoms with Gasteiger partial charge in [-0.2, -0.15) is 4.98 Å². The molecule has 5 nitrogen and oxygen atoms in total. The van der Waals surface area contributed by atoms with Crippen LogP contribution in [0.15, 0.2) is 21.1 Å². The summed E-state index contributed by atoms with van der Waals surface area (Å²) in [6.07, 6.45) is 0. The summed E-state index contributed by atoms with van der Waals surface area (Å²) >= 11 is 6.82. The van der Waals surface area contributed by atoms with Crippen LogP contribution >= 0.6 is 31.9 Å². The van der Waals surface area contributed by atoms with Gasteiger partial charge in [0.15, 0.2) is 5.82 Å². The van der Waals surface area contributed by atoms with E-state index in [0.29, 0.717) is 17.5 Å². The summed E-state index contributed by atoms with van der Waals surface area (Å²) in [6.45, 7) is 0. The summed E-state index contributed by atoms with van der Waals surface area (Å²) < 4.78 is 1.75. The lowest BCUT2D eigenvalue weighted by Gasteiger charge is -2.06. The summed E-state index contributed by atoms with van der Waals surface area (Å²) in [5, 5.41) is 6.97. The number of aromatic amines is 1. The van der Waals surface area contributed by atoms with Gasteiger partial charge in [0.05, 0.1) is 5.69 Å². The fourth-order valence-electron chi connectivity index (χ4n) is 1.35. The molecule has 3 N–H and O–H groups in total. The molecule has 0 saturated heterocycles. The van der Waals surface area contributed by atoms with Gasteiger partial charge in [0, 0.05) is 28.6 Å². The number of benzene rings is 1. The Labute approximate surface area is 116 Å². The third kappa shape index (κ3) is 2.44. The first kappa shape index (κ1) is 12.4. The normalized spacial score (nSPS) is 10.6. The summed E-state index contributed by atoms with van der Waals surface area (Å²) in [4.78, 5) is 6.18. The first-order valence-corrected chi connectivity index (χ1v) is 6.42. The number of H-pyrrole nitrogens is 1. The molecule has 0 unspecified atom stereocenters. The zero-order valence-electron chi connectivity index (χ0n) is 9.33. The Morgan fingerprint density at radius 3 is 2.59 bits per heavy atom. The lowest BCUT2D eigenvalue weighted by atomic mass is 10.2. The van der Waals surface area contributed by atoms with E-state index in [2.05, 4.69) is 47.0 Å². The van der Waals surface area contributed by atoms with Gasteiger partial charge in [-0.25, -0.2) is 0 Å². The monoisotopic (exact) mass is 359 g/mol.